The average molecular weight is 379 g/mol. The van der Waals surface area contributed by atoms with E-state index >= 15 is 0 Å². The Morgan fingerprint density at radius 3 is 2.38 bits per heavy atom. The van der Waals surface area contributed by atoms with Gasteiger partial charge in [0.25, 0.3) is 0 Å². The van der Waals surface area contributed by atoms with Crippen LogP contribution in [0.5, 0.6) is 6.01 Å². The van der Waals surface area contributed by atoms with Crippen LogP contribution in [0, 0.1) is 27.7 Å². The molecule has 142 valence electrons. The van der Waals surface area contributed by atoms with Crippen LogP contribution in [0.15, 0.2) is 11.0 Å². The highest BCUT2D eigenvalue weighted by Crippen LogP contribution is 2.26. The summed E-state index contributed by atoms with van der Waals surface area (Å²) < 4.78 is 35.3. The first-order chi connectivity index (χ1) is 12.2. The second-order valence-corrected chi connectivity index (χ2v) is 8.68. The lowest BCUT2D eigenvalue weighted by Crippen LogP contribution is -2.44. The molecule has 3 heterocycles. The van der Waals surface area contributed by atoms with E-state index in [0.29, 0.717) is 28.8 Å². The van der Waals surface area contributed by atoms with E-state index in [1.807, 2.05) is 19.9 Å². The van der Waals surface area contributed by atoms with E-state index in [1.165, 1.54) is 4.31 Å². The van der Waals surface area contributed by atoms with E-state index in [4.69, 9.17) is 4.74 Å². The third-order valence-corrected chi connectivity index (χ3v) is 6.73. The number of aromatic nitrogens is 4. The van der Waals surface area contributed by atoms with Gasteiger partial charge in [0.2, 0.25) is 10.0 Å². The molecule has 3 rings (SSSR count). The van der Waals surface area contributed by atoms with Crippen LogP contribution in [0.3, 0.4) is 0 Å². The Morgan fingerprint density at radius 1 is 1.15 bits per heavy atom. The minimum atomic E-state index is -3.61. The molecule has 0 amide bonds. The number of ether oxygens (including phenoxy) is 1. The van der Waals surface area contributed by atoms with E-state index in [1.54, 1.807) is 25.6 Å². The molecule has 0 aliphatic carbocycles. The number of rotatable bonds is 4. The fraction of sp³-hybridized carbons (Fsp3) is 0.588. The molecule has 1 aliphatic heterocycles. The molecule has 1 atom stereocenters. The maximum Gasteiger partial charge on any atom is 0.317 e. The topological polar surface area (TPSA) is 90.2 Å². The smallest absolute Gasteiger partial charge is 0.317 e. The molecule has 1 saturated heterocycles. The summed E-state index contributed by atoms with van der Waals surface area (Å²) in [6.07, 6.45) is 1.23. The quantitative estimate of drug-likeness (QED) is 0.803. The predicted molar refractivity (Wildman–Crippen MR) is 96.6 cm³/mol. The van der Waals surface area contributed by atoms with Gasteiger partial charge in [-0.2, -0.15) is 9.40 Å². The molecular weight excluding hydrogens is 354 g/mol. The summed E-state index contributed by atoms with van der Waals surface area (Å²) in [6.45, 7) is 8.02. The molecular formula is C17H25N5O3S. The average Bonchev–Trinajstić information content (AvgIpc) is 2.79. The molecule has 2 aromatic rings. The lowest BCUT2D eigenvalue weighted by Gasteiger charge is -2.31. The molecule has 1 fully saturated rings. The molecule has 8 nitrogen and oxygen atoms in total. The second kappa shape index (κ2) is 6.96. The van der Waals surface area contributed by atoms with Gasteiger partial charge in [-0.3, -0.25) is 4.68 Å². The lowest BCUT2D eigenvalue weighted by molar-refractivity contribution is 0.118. The zero-order chi connectivity index (χ0) is 19.1. The van der Waals surface area contributed by atoms with Crippen molar-refractivity contribution in [2.75, 3.05) is 13.1 Å². The van der Waals surface area contributed by atoms with Crippen molar-refractivity contribution < 1.29 is 13.2 Å². The highest BCUT2D eigenvalue weighted by atomic mass is 32.2. The summed E-state index contributed by atoms with van der Waals surface area (Å²) in [6, 6.07) is 2.18. The summed E-state index contributed by atoms with van der Waals surface area (Å²) in [4.78, 5) is 8.88. The first-order valence-electron chi connectivity index (χ1n) is 8.68. The Bertz CT molecular complexity index is 902. The fourth-order valence-corrected chi connectivity index (χ4v) is 5.28. The minimum Gasteiger partial charge on any atom is -0.459 e. The number of sulfonamides is 1. The Hall–Kier alpha value is -2.00. The Morgan fingerprint density at radius 2 is 1.81 bits per heavy atom. The van der Waals surface area contributed by atoms with E-state index in [0.717, 1.165) is 24.2 Å². The third kappa shape index (κ3) is 3.59. The molecule has 0 radical (unpaired) electrons. The third-order valence-electron chi connectivity index (χ3n) is 4.62. The molecule has 0 aromatic carbocycles. The molecule has 9 heteroatoms. The maximum absolute atomic E-state index is 13.1. The zero-order valence-electron chi connectivity index (χ0n) is 15.9. The van der Waals surface area contributed by atoms with E-state index in [2.05, 4.69) is 15.1 Å². The van der Waals surface area contributed by atoms with Crippen molar-refractivity contribution in [3.63, 3.8) is 0 Å². The number of hydrogen-bond donors (Lipinski definition) is 0. The first kappa shape index (κ1) is 18.8. The van der Waals surface area contributed by atoms with Crippen molar-refractivity contribution in [3.05, 3.63) is 28.8 Å². The van der Waals surface area contributed by atoms with Crippen LogP contribution in [0.1, 0.15) is 35.6 Å². The van der Waals surface area contributed by atoms with Crippen LogP contribution in [-0.4, -0.2) is 51.7 Å². The lowest BCUT2D eigenvalue weighted by atomic mass is 10.1. The van der Waals surface area contributed by atoms with Crippen LogP contribution in [-0.2, 0) is 17.1 Å². The molecule has 1 aliphatic rings. The van der Waals surface area contributed by atoms with Gasteiger partial charge < -0.3 is 4.74 Å². The maximum atomic E-state index is 13.1. The van der Waals surface area contributed by atoms with Crippen molar-refractivity contribution in [2.24, 2.45) is 7.05 Å². The minimum absolute atomic E-state index is 0.267. The number of hydrogen-bond acceptors (Lipinski definition) is 6. The SMILES string of the molecule is Cc1cc(C)nc(OC2CCCN(S(=O)(=O)c3c(C)nn(C)c3C)C2)n1. The van der Waals surface area contributed by atoms with Gasteiger partial charge in [0, 0.05) is 25.0 Å². The molecule has 0 N–H and O–H groups in total. The molecule has 0 spiro atoms. The number of aryl methyl sites for hydroxylation is 4. The monoisotopic (exact) mass is 379 g/mol. The summed E-state index contributed by atoms with van der Waals surface area (Å²) in [5.41, 5.74) is 2.82. The largest absolute Gasteiger partial charge is 0.459 e. The van der Waals surface area contributed by atoms with Gasteiger partial charge >= 0.3 is 6.01 Å². The van der Waals surface area contributed by atoms with Crippen molar-refractivity contribution in [1.29, 1.82) is 0 Å². The van der Waals surface area contributed by atoms with E-state index in [-0.39, 0.29) is 12.6 Å². The Labute approximate surface area is 154 Å². The van der Waals surface area contributed by atoms with Crippen molar-refractivity contribution in [3.8, 4) is 6.01 Å². The van der Waals surface area contributed by atoms with Gasteiger partial charge in [0.15, 0.2) is 0 Å². The second-order valence-electron chi connectivity index (χ2n) is 6.80. The highest BCUT2D eigenvalue weighted by molar-refractivity contribution is 7.89. The van der Waals surface area contributed by atoms with Crippen molar-refractivity contribution >= 4 is 10.0 Å². The van der Waals surface area contributed by atoms with Crippen LogP contribution in [0.2, 0.25) is 0 Å². The predicted octanol–water partition coefficient (Wildman–Crippen LogP) is 1.68. The number of nitrogens with zero attached hydrogens (tertiary/aromatic N) is 5. The highest BCUT2D eigenvalue weighted by Gasteiger charge is 2.35. The summed E-state index contributed by atoms with van der Waals surface area (Å²) >= 11 is 0. The molecule has 0 bridgehead atoms. The van der Waals surface area contributed by atoms with Crippen LogP contribution >= 0.6 is 0 Å². The van der Waals surface area contributed by atoms with Crippen LogP contribution < -0.4 is 4.74 Å². The van der Waals surface area contributed by atoms with Gasteiger partial charge in [0.1, 0.15) is 11.0 Å². The van der Waals surface area contributed by atoms with E-state index in [9.17, 15) is 8.42 Å². The Kier molecular flexibility index (Phi) is 5.03. The van der Waals surface area contributed by atoms with Gasteiger partial charge in [-0.25, -0.2) is 18.4 Å². The summed E-state index contributed by atoms with van der Waals surface area (Å²) in [7, 11) is -1.86. The van der Waals surface area contributed by atoms with Gasteiger partial charge in [-0.1, -0.05) is 0 Å². The Balaban J connectivity index is 1.81. The van der Waals surface area contributed by atoms with Crippen molar-refractivity contribution in [2.45, 2.75) is 51.5 Å². The zero-order valence-corrected chi connectivity index (χ0v) is 16.7. The van der Waals surface area contributed by atoms with E-state index < -0.39 is 10.0 Å². The van der Waals surface area contributed by atoms with Crippen molar-refractivity contribution in [1.82, 2.24) is 24.1 Å². The molecule has 0 saturated carbocycles. The first-order valence-corrected chi connectivity index (χ1v) is 10.1. The van der Waals surface area contributed by atoms with Gasteiger partial charge in [-0.05, 0) is 46.6 Å². The summed E-state index contributed by atoms with van der Waals surface area (Å²) in [5.74, 6) is 0. The van der Waals surface area contributed by atoms with Gasteiger partial charge in [-0.15, -0.1) is 0 Å². The molecule has 1 unspecified atom stereocenters. The standard InChI is InChI=1S/C17H25N5O3S/c1-11-9-12(2)19-17(18-11)25-15-7-6-8-22(10-15)26(23,24)16-13(3)20-21(5)14(16)4/h9,15H,6-8,10H2,1-5H3. The summed E-state index contributed by atoms with van der Waals surface area (Å²) in [5, 5.41) is 4.24. The van der Waals surface area contributed by atoms with Crippen LogP contribution in [0.25, 0.3) is 0 Å². The van der Waals surface area contributed by atoms with Crippen LogP contribution in [0.4, 0.5) is 0 Å². The fourth-order valence-electron chi connectivity index (χ4n) is 3.37. The van der Waals surface area contributed by atoms with Gasteiger partial charge in [0.05, 0.1) is 17.9 Å². The molecule has 2 aromatic heterocycles. The number of piperidine rings is 1. The molecule has 26 heavy (non-hydrogen) atoms. The normalized spacial score (nSPS) is 18.9.